The Bertz CT molecular complexity index is 958. The third-order valence-electron chi connectivity index (χ3n) is 6.70. The summed E-state index contributed by atoms with van der Waals surface area (Å²) >= 11 is 5.93. The van der Waals surface area contributed by atoms with Gasteiger partial charge in [0.15, 0.2) is 5.78 Å². The van der Waals surface area contributed by atoms with Crippen LogP contribution in [0.4, 0.5) is 4.79 Å². The predicted molar refractivity (Wildman–Crippen MR) is 139 cm³/mol. The summed E-state index contributed by atoms with van der Waals surface area (Å²) in [6.07, 6.45) is 5.39. The number of primary amides is 1. The number of ketones is 1. The number of benzene rings is 2. The summed E-state index contributed by atoms with van der Waals surface area (Å²) < 4.78 is 11.2. The van der Waals surface area contributed by atoms with E-state index in [2.05, 4.69) is 11.8 Å². The Kier molecular flexibility index (Phi) is 10.4. The van der Waals surface area contributed by atoms with Crippen molar-refractivity contribution in [3.8, 4) is 5.75 Å². The third-order valence-corrected chi connectivity index (χ3v) is 6.95. The van der Waals surface area contributed by atoms with Gasteiger partial charge in [0.2, 0.25) is 0 Å². The molecule has 0 bridgehead atoms. The number of halogens is 1. The quantitative estimate of drug-likeness (QED) is 0.356. The van der Waals surface area contributed by atoms with Crippen LogP contribution in [0.1, 0.15) is 68.3 Å². The molecular formula is C28H37ClN2O4. The van der Waals surface area contributed by atoms with E-state index in [0.29, 0.717) is 34.7 Å². The molecule has 1 heterocycles. The van der Waals surface area contributed by atoms with Crippen LogP contribution >= 0.6 is 11.6 Å². The summed E-state index contributed by atoms with van der Waals surface area (Å²) in [6.45, 7) is 6.84. The van der Waals surface area contributed by atoms with E-state index in [0.717, 1.165) is 57.4 Å². The normalized spacial score (nSPS) is 16.4. The molecule has 0 radical (unpaired) electrons. The monoisotopic (exact) mass is 500 g/mol. The van der Waals surface area contributed by atoms with Crippen molar-refractivity contribution in [3.63, 3.8) is 0 Å². The number of hydrogen-bond donors (Lipinski definition) is 1. The molecule has 1 aliphatic heterocycles. The van der Waals surface area contributed by atoms with E-state index in [1.54, 1.807) is 24.3 Å². The number of carbonyl (C=O) groups is 2. The molecule has 1 saturated heterocycles. The summed E-state index contributed by atoms with van der Waals surface area (Å²) in [4.78, 5) is 26.3. The molecule has 1 fully saturated rings. The average molecular weight is 501 g/mol. The highest BCUT2D eigenvalue weighted by Crippen LogP contribution is 2.25. The van der Waals surface area contributed by atoms with E-state index in [1.807, 2.05) is 31.2 Å². The summed E-state index contributed by atoms with van der Waals surface area (Å²) in [7, 11) is 0. The van der Waals surface area contributed by atoms with Crippen LogP contribution in [0.25, 0.3) is 0 Å². The average Bonchev–Trinajstić information content (AvgIpc) is 2.85. The topological polar surface area (TPSA) is 81.9 Å². The van der Waals surface area contributed by atoms with Crippen molar-refractivity contribution in [2.24, 2.45) is 11.7 Å². The molecule has 190 valence electrons. The van der Waals surface area contributed by atoms with Gasteiger partial charge in [0.25, 0.3) is 0 Å². The van der Waals surface area contributed by atoms with Gasteiger partial charge in [0, 0.05) is 22.2 Å². The zero-order chi connectivity index (χ0) is 25.2. The van der Waals surface area contributed by atoms with Crippen LogP contribution in [0.15, 0.2) is 48.5 Å². The Hall–Kier alpha value is -2.57. The van der Waals surface area contributed by atoms with Gasteiger partial charge in [-0.1, -0.05) is 37.1 Å². The summed E-state index contributed by atoms with van der Waals surface area (Å²) in [5, 5.41) is 0.609. The van der Waals surface area contributed by atoms with E-state index in [9.17, 15) is 9.59 Å². The highest BCUT2D eigenvalue weighted by Gasteiger charge is 2.25. The van der Waals surface area contributed by atoms with Crippen molar-refractivity contribution in [1.29, 1.82) is 0 Å². The van der Waals surface area contributed by atoms with Gasteiger partial charge in [-0.15, -0.1) is 0 Å². The molecule has 0 spiro atoms. The van der Waals surface area contributed by atoms with Gasteiger partial charge in [0.1, 0.15) is 11.9 Å². The van der Waals surface area contributed by atoms with Crippen LogP contribution < -0.4 is 10.5 Å². The number of amides is 1. The van der Waals surface area contributed by atoms with Crippen LogP contribution in [0.3, 0.4) is 0 Å². The minimum atomic E-state index is -0.703. The number of likely N-dealkylation sites (tertiary alicyclic amines) is 1. The van der Waals surface area contributed by atoms with Crippen molar-refractivity contribution in [2.45, 2.75) is 64.5 Å². The molecule has 2 unspecified atom stereocenters. The molecule has 2 aromatic carbocycles. The third kappa shape index (κ3) is 8.55. The van der Waals surface area contributed by atoms with Crippen LogP contribution in [0.5, 0.6) is 5.75 Å². The van der Waals surface area contributed by atoms with Gasteiger partial charge in [-0.2, -0.15) is 0 Å². The van der Waals surface area contributed by atoms with Gasteiger partial charge in [-0.25, -0.2) is 4.79 Å². The Morgan fingerprint density at radius 1 is 1.06 bits per heavy atom. The number of ether oxygens (including phenoxy) is 2. The largest absolute Gasteiger partial charge is 0.493 e. The van der Waals surface area contributed by atoms with E-state index in [4.69, 9.17) is 26.8 Å². The number of nitrogens with two attached hydrogens (primary N) is 1. The molecule has 0 aliphatic carbocycles. The highest BCUT2D eigenvalue weighted by molar-refractivity contribution is 6.30. The second-order valence-corrected chi connectivity index (χ2v) is 9.86. The van der Waals surface area contributed by atoms with Gasteiger partial charge in [0.05, 0.1) is 6.61 Å². The molecule has 1 aliphatic rings. The Morgan fingerprint density at radius 2 is 1.77 bits per heavy atom. The minimum Gasteiger partial charge on any atom is -0.493 e. The number of hydrogen-bond acceptors (Lipinski definition) is 5. The smallest absolute Gasteiger partial charge is 0.404 e. The first-order valence-corrected chi connectivity index (χ1v) is 13.0. The van der Waals surface area contributed by atoms with Gasteiger partial charge in [-0.3, -0.25) is 4.79 Å². The van der Waals surface area contributed by atoms with Crippen molar-refractivity contribution in [1.82, 2.24) is 4.90 Å². The lowest BCUT2D eigenvalue weighted by molar-refractivity contribution is 0.0779. The van der Waals surface area contributed by atoms with Crippen LogP contribution in [0.2, 0.25) is 5.02 Å². The Balaban J connectivity index is 1.47. The predicted octanol–water partition coefficient (Wildman–Crippen LogP) is 6.09. The lowest BCUT2D eigenvalue weighted by Gasteiger charge is -2.38. The molecule has 7 heteroatoms. The minimum absolute atomic E-state index is 0.0436. The maximum Gasteiger partial charge on any atom is 0.404 e. The molecule has 2 N–H and O–H groups in total. The molecule has 1 amide bonds. The van der Waals surface area contributed by atoms with Crippen molar-refractivity contribution >= 4 is 23.5 Å². The van der Waals surface area contributed by atoms with E-state index < -0.39 is 6.09 Å². The highest BCUT2D eigenvalue weighted by atomic mass is 35.5. The molecule has 2 atom stereocenters. The Morgan fingerprint density at radius 3 is 2.43 bits per heavy atom. The standard InChI is InChI=1S/C28H37ClN2O4/c1-3-5-25(13-8-20(2)35-28(30)33)31-16-14-21(15-17-31)19-34-26-7-4-6-23(18-26)27(32)22-9-11-24(29)12-10-22/h4,6-7,9-12,18,20-21,25H,3,5,8,13-17,19H2,1-2H3,(H2,30,33). The first-order chi connectivity index (χ1) is 16.9. The number of rotatable bonds is 12. The lowest BCUT2D eigenvalue weighted by Crippen LogP contribution is -2.42. The van der Waals surface area contributed by atoms with Crippen molar-refractivity contribution in [2.75, 3.05) is 19.7 Å². The van der Waals surface area contributed by atoms with Crippen molar-refractivity contribution < 1.29 is 19.1 Å². The lowest BCUT2D eigenvalue weighted by atomic mass is 9.94. The molecule has 2 aromatic rings. The van der Waals surface area contributed by atoms with E-state index in [1.165, 1.54) is 0 Å². The number of carbonyl (C=O) groups excluding carboxylic acids is 2. The first kappa shape index (κ1) is 27.0. The van der Waals surface area contributed by atoms with Crippen LogP contribution in [-0.2, 0) is 4.74 Å². The first-order valence-electron chi connectivity index (χ1n) is 12.6. The maximum atomic E-state index is 12.8. The molecule has 3 rings (SSSR count). The summed E-state index contributed by atoms with van der Waals surface area (Å²) in [6, 6.07) is 14.8. The summed E-state index contributed by atoms with van der Waals surface area (Å²) in [5.74, 6) is 1.17. The fourth-order valence-electron chi connectivity index (χ4n) is 4.72. The number of nitrogens with zero attached hydrogens (tertiary/aromatic N) is 1. The fraction of sp³-hybridized carbons (Fsp3) is 0.500. The van der Waals surface area contributed by atoms with Crippen LogP contribution in [-0.4, -0.2) is 48.6 Å². The van der Waals surface area contributed by atoms with Gasteiger partial charge in [-0.05, 0) is 94.4 Å². The molecule has 0 aromatic heterocycles. The van der Waals surface area contributed by atoms with Gasteiger partial charge < -0.3 is 20.1 Å². The zero-order valence-corrected chi connectivity index (χ0v) is 21.5. The molecule has 6 nitrogen and oxygen atoms in total. The second kappa shape index (κ2) is 13.5. The van der Waals surface area contributed by atoms with Crippen molar-refractivity contribution in [3.05, 3.63) is 64.7 Å². The zero-order valence-electron chi connectivity index (χ0n) is 20.8. The van der Waals surface area contributed by atoms with Gasteiger partial charge >= 0.3 is 6.09 Å². The number of piperidine rings is 1. The second-order valence-electron chi connectivity index (χ2n) is 9.42. The van der Waals surface area contributed by atoms with Crippen LogP contribution in [0, 0.1) is 5.92 Å². The van der Waals surface area contributed by atoms with E-state index in [-0.39, 0.29) is 11.9 Å². The summed E-state index contributed by atoms with van der Waals surface area (Å²) in [5.41, 5.74) is 6.35. The SMILES string of the molecule is CCCC(CCC(C)OC(N)=O)N1CCC(COc2cccc(C(=O)c3ccc(Cl)cc3)c2)CC1. The molecular weight excluding hydrogens is 464 g/mol. The fourth-order valence-corrected chi connectivity index (χ4v) is 4.85. The van der Waals surface area contributed by atoms with E-state index >= 15 is 0 Å². The molecule has 0 saturated carbocycles. The Labute approximate surface area is 213 Å². The molecule has 35 heavy (non-hydrogen) atoms. The maximum absolute atomic E-state index is 12.8.